The highest BCUT2D eigenvalue weighted by molar-refractivity contribution is 6.33. The van der Waals surface area contributed by atoms with Gasteiger partial charge in [-0.3, -0.25) is 4.68 Å². The fourth-order valence-corrected chi connectivity index (χ4v) is 1.55. The first-order valence-electron chi connectivity index (χ1n) is 4.21. The van der Waals surface area contributed by atoms with E-state index in [2.05, 4.69) is 5.10 Å². The average molecular weight is 208 g/mol. The number of rotatable bonds is 1. The van der Waals surface area contributed by atoms with Gasteiger partial charge in [-0.05, 0) is 18.2 Å². The molecule has 0 aliphatic heterocycles. The van der Waals surface area contributed by atoms with Crippen LogP contribution >= 0.6 is 11.6 Å². The number of nitrogens with two attached hydrogens (primary N) is 1. The Morgan fingerprint density at radius 2 is 2.21 bits per heavy atom. The Morgan fingerprint density at radius 1 is 1.43 bits per heavy atom. The van der Waals surface area contributed by atoms with Crippen LogP contribution in [-0.4, -0.2) is 9.78 Å². The molecule has 0 aliphatic carbocycles. The number of halogens is 1. The van der Waals surface area contributed by atoms with Crippen molar-refractivity contribution in [3.05, 3.63) is 35.6 Å². The number of aryl methyl sites for hydroxylation is 1. The molecule has 1 aromatic carbocycles. The Balaban J connectivity index is 2.55. The molecule has 2 rings (SSSR count). The Morgan fingerprint density at radius 3 is 2.86 bits per heavy atom. The van der Waals surface area contributed by atoms with Gasteiger partial charge in [0, 0.05) is 35.1 Å². The lowest BCUT2D eigenvalue weighted by atomic mass is 10.1. The lowest BCUT2D eigenvalue weighted by Crippen LogP contribution is -1.86. The summed E-state index contributed by atoms with van der Waals surface area (Å²) in [4.78, 5) is 0. The molecule has 1 heterocycles. The summed E-state index contributed by atoms with van der Waals surface area (Å²) < 4.78 is 1.73. The van der Waals surface area contributed by atoms with E-state index in [9.17, 15) is 0 Å². The maximum Gasteiger partial charge on any atom is 0.0568 e. The van der Waals surface area contributed by atoms with Crippen LogP contribution in [-0.2, 0) is 7.05 Å². The standard InChI is InChI=1S/C10H10ClN3/c1-14-6-7(5-13-14)9-4-8(12)2-3-10(9)11/h2-6H,12H2,1H3. The van der Waals surface area contributed by atoms with Crippen molar-refractivity contribution in [2.45, 2.75) is 0 Å². The Labute approximate surface area is 87.1 Å². The third-order valence-corrected chi connectivity index (χ3v) is 2.34. The van der Waals surface area contributed by atoms with Gasteiger partial charge >= 0.3 is 0 Å². The fraction of sp³-hybridized carbons (Fsp3) is 0.100. The molecule has 0 bridgehead atoms. The van der Waals surface area contributed by atoms with Gasteiger partial charge in [0.2, 0.25) is 0 Å². The molecule has 2 N–H and O–H groups in total. The molecule has 0 saturated carbocycles. The van der Waals surface area contributed by atoms with E-state index in [0.29, 0.717) is 10.7 Å². The summed E-state index contributed by atoms with van der Waals surface area (Å²) >= 11 is 6.05. The number of hydrogen-bond donors (Lipinski definition) is 1. The highest BCUT2D eigenvalue weighted by Gasteiger charge is 2.05. The SMILES string of the molecule is Cn1cc(-c2cc(N)ccc2Cl)cn1. The molecule has 0 spiro atoms. The zero-order chi connectivity index (χ0) is 10.1. The van der Waals surface area contributed by atoms with Gasteiger partial charge < -0.3 is 5.73 Å². The Bertz CT molecular complexity index is 462. The van der Waals surface area contributed by atoms with Crippen molar-refractivity contribution in [3.63, 3.8) is 0 Å². The largest absolute Gasteiger partial charge is 0.399 e. The second-order valence-corrected chi connectivity index (χ2v) is 3.55. The smallest absolute Gasteiger partial charge is 0.0568 e. The van der Waals surface area contributed by atoms with Crippen LogP contribution in [0.4, 0.5) is 5.69 Å². The van der Waals surface area contributed by atoms with Gasteiger partial charge in [0.05, 0.1) is 6.20 Å². The predicted octanol–water partition coefficient (Wildman–Crippen LogP) is 2.32. The third kappa shape index (κ3) is 1.59. The van der Waals surface area contributed by atoms with Gasteiger partial charge in [0.15, 0.2) is 0 Å². The maximum atomic E-state index is 6.05. The molecule has 0 amide bonds. The van der Waals surface area contributed by atoms with Crippen LogP contribution in [0.2, 0.25) is 5.02 Å². The van der Waals surface area contributed by atoms with Crippen LogP contribution in [0.15, 0.2) is 30.6 Å². The highest BCUT2D eigenvalue weighted by atomic mass is 35.5. The molecular formula is C10H10ClN3. The van der Waals surface area contributed by atoms with Crippen LogP contribution in [0.25, 0.3) is 11.1 Å². The van der Waals surface area contributed by atoms with E-state index in [-0.39, 0.29) is 0 Å². The summed E-state index contributed by atoms with van der Waals surface area (Å²) in [5, 5.41) is 4.77. The minimum atomic E-state index is 0.687. The normalized spacial score (nSPS) is 10.4. The molecule has 0 fully saturated rings. The van der Waals surface area contributed by atoms with Crippen molar-refractivity contribution < 1.29 is 0 Å². The average Bonchev–Trinajstić information content (AvgIpc) is 2.56. The van der Waals surface area contributed by atoms with E-state index in [1.807, 2.05) is 19.3 Å². The molecule has 72 valence electrons. The summed E-state index contributed by atoms with van der Waals surface area (Å²) in [5.41, 5.74) is 8.28. The quantitative estimate of drug-likeness (QED) is 0.730. The number of nitrogens with zero attached hydrogens (tertiary/aromatic N) is 2. The summed E-state index contributed by atoms with van der Waals surface area (Å²) in [5.74, 6) is 0. The topological polar surface area (TPSA) is 43.8 Å². The van der Waals surface area contributed by atoms with E-state index < -0.39 is 0 Å². The second-order valence-electron chi connectivity index (χ2n) is 3.14. The van der Waals surface area contributed by atoms with Crippen molar-refractivity contribution in [2.75, 3.05) is 5.73 Å². The van der Waals surface area contributed by atoms with E-state index in [1.165, 1.54) is 0 Å². The summed E-state index contributed by atoms with van der Waals surface area (Å²) in [6.07, 6.45) is 3.67. The second kappa shape index (κ2) is 3.35. The summed E-state index contributed by atoms with van der Waals surface area (Å²) in [6.45, 7) is 0. The van der Waals surface area contributed by atoms with Gasteiger partial charge in [-0.1, -0.05) is 11.6 Å². The third-order valence-electron chi connectivity index (χ3n) is 2.01. The van der Waals surface area contributed by atoms with Crippen molar-refractivity contribution in [1.29, 1.82) is 0 Å². The zero-order valence-corrected chi connectivity index (χ0v) is 8.49. The predicted molar refractivity (Wildman–Crippen MR) is 58.1 cm³/mol. The molecule has 4 heteroatoms. The Kier molecular flexibility index (Phi) is 2.17. The Hall–Kier alpha value is -1.48. The minimum absolute atomic E-state index is 0.687. The zero-order valence-electron chi connectivity index (χ0n) is 7.74. The van der Waals surface area contributed by atoms with Gasteiger partial charge in [-0.15, -0.1) is 0 Å². The van der Waals surface area contributed by atoms with Crippen molar-refractivity contribution in [3.8, 4) is 11.1 Å². The minimum Gasteiger partial charge on any atom is -0.399 e. The molecule has 2 aromatic rings. The fourth-order valence-electron chi connectivity index (χ4n) is 1.32. The number of benzene rings is 1. The molecule has 3 nitrogen and oxygen atoms in total. The highest BCUT2D eigenvalue weighted by Crippen LogP contribution is 2.28. The van der Waals surface area contributed by atoms with Crippen LogP contribution in [0.1, 0.15) is 0 Å². The number of hydrogen-bond acceptors (Lipinski definition) is 2. The molecule has 14 heavy (non-hydrogen) atoms. The van der Waals surface area contributed by atoms with Crippen molar-refractivity contribution in [1.82, 2.24) is 9.78 Å². The van der Waals surface area contributed by atoms with Crippen LogP contribution in [0.3, 0.4) is 0 Å². The molecule has 0 aliphatic rings. The van der Waals surface area contributed by atoms with E-state index in [0.717, 1.165) is 11.1 Å². The molecular weight excluding hydrogens is 198 g/mol. The van der Waals surface area contributed by atoms with Crippen molar-refractivity contribution in [2.24, 2.45) is 7.05 Å². The van der Waals surface area contributed by atoms with Crippen molar-refractivity contribution >= 4 is 17.3 Å². The monoisotopic (exact) mass is 207 g/mol. The van der Waals surface area contributed by atoms with E-state index in [4.69, 9.17) is 17.3 Å². The molecule has 0 radical (unpaired) electrons. The van der Waals surface area contributed by atoms with Gasteiger partial charge in [0.1, 0.15) is 0 Å². The van der Waals surface area contributed by atoms with Gasteiger partial charge in [-0.25, -0.2) is 0 Å². The molecule has 1 aromatic heterocycles. The lowest BCUT2D eigenvalue weighted by Gasteiger charge is -2.01. The number of anilines is 1. The first kappa shape index (κ1) is 9.09. The van der Waals surface area contributed by atoms with Crippen LogP contribution < -0.4 is 5.73 Å². The number of aromatic nitrogens is 2. The maximum absolute atomic E-state index is 6.05. The first-order valence-corrected chi connectivity index (χ1v) is 4.58. The lowest BCUT2D eigenvalue weighted by molar-refractivity contribution is 0.768. The summed E-state index contributed by atoms with van der Waals surface area (Å²) in [6, 6.07) is 5.42. The molecule has 0 unspecified atom stereocenters. The number of nitrogen functional groups attached to an aromatic ring is 1. The van der Waals surface area contributed by atoms with Crippen LogP contribution in [0.5, 0.6) is 0 Å². The summed E-state index contributed by atoms with van der Waals surface area (Å²) in [7, 11) is 1.86. The molecule has 0 atom stereocenters. The van der Waals surface area contributed by atoms with Gasteiger partial charge in [0.25, 0.3) is 0 Å². The molecule has 0 saturated heterocycles. The van der Waals surface area contributed by atoms with Gasteiger partial charge in [-0.2, -0.15) is 5.10 Å². The van der Waals surface area contributed by atoms with Crippen LogP contribution in [0, 0.1) is 0 Å². The van der Waals surface area contributed by atoms with E-state index in [1.54, 1.807) is 23.0 Å². The van der Waals surface area contributed by atoms with E-state index >= 15 is 0 Å². The first-order chi connectivity index (χ1) is 6.66.